The lowest BCUT2D eigenvalue weighted by Crippen LogP contribution is -2.32. The zero-order valence-electron chi connectivity index (χ0n) is 11.1. The maximum absolute atomic E-state index is 6.00. The molecule has 6 nitrogen and oxygen atoms in total. The molecule has 8 heteroatoms. The van der Waals surface area contributed by atoms with Gasteiger partial charge in [-0.1, -0.05) is 11.6 Å². The topological polar surface area (TPSA) is 60.4 Å². The molecule has 0 radical (unpaired) electrons. The molecule has 0 aliphatic heterocycles. The lowest BCUT2D eigenvalue weighted by atomic mass is 10.4. The number of aromatic nitrogens is 3. The van der Waals surface area contributed by atoms with Crippen molar-refractivity contribution in [3.63, 3.8) is 0 Å². The van der Waals surface area contributed by atoms with E-state index in [4.69, 9.17) is 32.7 Å². The summed E-state index contributed by atoms with van der Waals surface area (Å²) in [5.74, 6) is 0.501. The standard InChI is InChI=1S/C11H18Cl2N4O2/c1-3-18-7-5-17(6-8-19-4-2)10-9(12)15-16-11(13)14-10/h3-8H2,1-2H3. The van der Waals surface area contributed by atoms with Crippen LogP contribution in [0.1, 0.15) is 13.8 Å². The normalized spacial score (nSPS) is 10.7. The highest BCUT2D eigenvalue weighted by molar-refractivity contribution is 6.32. The van der Waals surface area contributed by atoms with Gasteiger partial charge in [0.25, 0.3) is 0 Å². The number of anilines is 1. The van der Waals surface area contributed by atoms with E-state index in [1.54, 1.807) is 0 Å². The Morgan fingerprint density at radius 2 is 1.58 bits per heavy atom. The van der Waals surface area contributed by atoms with Gasteiger partial charge in [-0.15, -0.1) is 10.2 Å². The van der Waals surface area contributed by atoms with Crippen LogP contribution in [0.2, 0.25) is 10.4 Å². The van der Waals surface area contributed by atoms with Gasteiger partial charge in [0.15, 0.2) is 11.0 Å². The third-order valence-electron chi connectivity index (χ3n) is 2.32. The predicted octanol–water partition coefficient (Wildman–Crippen LogP) is 2.06. The van der Waals surface area contributed by atoms with Gasteiger partial charge in [0.1, 0.15) is 0 Å². The molecule has 0 atom stereocenters. The molecule has 0 amide bonds. The van der Waals surface area contributed by atoms with Crippen molar-refractivity contribution in [2.24, 2.45) is 0 Å². The fourth-order valence-electron chi connectivity index (χ4n) is 1.45. The van der Waals surface area contributed by atoms with Crippen molar-refractivity contribution in [3.05, 3.63) is 10.4 Å². The molecule has 0 aliphatic rings. The molecule has 19 heavy (non-hydrogen) atoms. The van der Waals surface area contributed by atoms with E-state index in [0.717, 1.165) is 0 Å². The Kier molecular flexibility index (Phi) is 7.97. The Morgan fingerprint density at radius 3 is 2.11 bits per heavy atom. The summed E-state index contributed by atoms with van der Waals surface area (Å²) in [4.78, 5) is 6.03. The molecule has 108 valence electrons. The third kappa shape index (κ3) is 5.86. The van der Waals surface area contributed by atoms with Crippen LogP contribution in [-0.4, -0.2) is 54.7 Å². The Morgan fingerprint density at radius 1 is 1.00 bits per heavy atom. The van der Waals surface area contributed by atoms with Crippen LogP contribution in [0.25, 0.3) is 0 Å². The van der Waals surface area contributed by atoms with Crippen LogP contribution in [0, 0.1) is 0 Å². The molecule has 0 aliphatic carbocycles. The van der Waals surface area contributed by atoms with Gasteiger partial charge >= 0.3 is 0 Å². The van der Waals surface area contributed by atoms with E-state index >= 15 is 0 Å². The van der Waals surface area contributed by atoms with Crippen molar-refractivity contribution in [1.29, 1.82) is 0 Å². The first kappa shape index (κ1) is 16.4. The molecule has 1 rings (SSSR count). The maximum Gasteiger partial charge on any atom is 0.245 e. The van der Waals surface area contributed by atoms with Crippen LogP contribution in [0.15, 0.2) is 0 Å². The average Bonchev–Trinajstić information content (AvgIpc) is 2.40. The second-order valence-corrected chi connectivity index (χ2v) is 4.27. The summed E-state index contributed by atoms with van der Waals surface area (Å²) in [7, 11) is 0. The first-order valence-electron chi connectivity index (χ1n) is 6.15. The average molecular weight is 309 g/mol. The van der Waals surface area contributed by atoms with Gasteiger partial charge in [0.2, 0.25) is 5.28 Å². The summed E-state index contributed by atoms with van der Waals surface area (Å²) < 4.78 is 10.7. The van der Waals surface area contributed by atoms with E-state index in [9.17, 15) is 0 Å². The van der Waals surface area contributed by atoms with Gasteiger partial charge in [0.05, 0.1) is 13.2 Å². The number of ether oxygens (including phenoxy) is 2. The largest absolute Gasteiger partial charge is 0.380 e. The molecule has 1 aromatic heterocycles. The van der Waals surface area contributed by atoms with Crippen LogP contribution in [-0.2, 0) is 9.47 Å². The minimum Gasteiger partial charge on any atom is -0.380 e. The maximum atomic E-state index is 6.00. The van der Waals surface area contributed by atoms with Gasteiger partial charge in [-0.25, -0.2) is 0 Å². The van der Waals surface area contributed by atoms with Gasteiger partial charge in [0, 0.05) is 26.3 Å². The predicted molar refractivity (Wildman–Crippen MR) is 75.0 cm³/mol. The first-order chi connectivity index (χ1) is 9.19. The molecule has 0 spiro atoms. The minimum absolute atomic E-state index is 0.0669. The molecule has 1 aromatic rings. The Hall–Kier alpha value is -0.690. The second-order valence-electron chi connectivity index (χ2n) is 3.58. The first-order valence-corrected chi connectivity index (χ1v) is 6.90. The fraction of sp³-hybridized carbons (Fsp3) is 0.727. The quantitative estimate of drug-likeness (QED) is 0.651. The molecule has 0 bridgehead atoms. The summed E-state index contributed by atoms with van der Waals surface area (Å²) in [6.07, 6.45) is 0. The van der Waals surface area contributed by atoms with Gasteiger partial charge in [-0.2, -0.15) is 4.98 Å². The smallest absolute Gasteiger partial charge is 0.245 e. The molecule has 0 saturated heterocycles. The third-order valence-corrected chi connectivity index (χ3v) is 2.73. The van der Waals surface area contributed by atoms with Crippen molar-refractivity contribution in [2.75, 3.05) is 44.4 Å². The summed E-state index contributed by atoms with van der Waals surface area (Å²) in [5.41, 5.74) is 0. The number of nitrogens with zero attached hydrogens (tertiary/aromatic N) is 4. The van der Waals surface area contributed by atoms with E-state index in [2.05, 4.69) is 15.2 Å². The number of hydrogen-bond acceptors (Lipinski definition) is 6. The molecule has 0 unspecified atom stereocenters. The monoisotopic (exact) mass is 308 g/mol. The van der Waals surface area contributed by atoms with Crippen LogP contribution >= 0.6 is 23.2 Å². The summed E-state index contributed by atoms with van der Waals surface area (Å²) in [6, 6.07) is 0. The molecule has 0 fully saturated rings. The number of hydrogen-bond donors (Lipinski definition) is 0. The molecule has 0 aromatic carbocycles. The number of halogens is 2. The van der Waals surface area contributed by atoms with Crippen LogP contribution in [0.3, 0.4) is 0 Å². The fourth-order valence-corrected chi connectivity index (χ4v) is 1.77. The summed E-state index contributed by atoms with van der Waals surface area (Å²) in [5, 5.41) is 7.64. The highest BCUT2D eigenvalue weighted by Gasteiger charge is 2.14. The van der Waals surface area contributed by atoms with Crippen molar-refractivity contribution < 1.29 is 9.47 Å². The lowest BCUT2D eigenvalue weighted by molar-refractivity contribution is 0.141. The molecular formula is C11H18Cl2N4O2. The zero-order chi connectivity index (χ0) is 14.1. The Bertz CT molecular complexity index is 372. The van der Waals surface area contributed by atoms with E-state index in [1.807, 2.05) is 18.7 Å². The van der Waals surface area contributed by atoms with Gasteiger partial charge < -0.3 is 14.4 Å². The second kappa shape index (κ2) is 9.25. The molecule has 0 saturated carbocycles. The highest BCUT2D eigenvalue weighted by Crippen LogP contribution is 2.21. The van der Waals surface area contributed by atoms with Gasteiger partial charge in [-0.05, 0) is 25.4 Å². The molecular weight excluding hydrogens is 291 g/mol. The van der Waals surface area contributed by atoms with E-state index in [0.29, 0.717) is 45.3 Å². The molecule has 0 N–H and O–H groups in total. The van der Waals surface area contributed by atoms with Gasteiger partial charge in [-0.3, -0.25) is 0 Å². The van der Waals surface area contributed by atoms with Crippen LogP contribution in [0.5, 0.6) is 0 Å². The Labute approximate surface area is 123 Å². The van der Waals surface area contributed by atoms with E-state index < -0.39 is 0 Å². The Balaban J connectivity index is 2.72. The van der Waals surface area contributed by atoms with Crippen molar-refractivity contribution in [1.82, 2.24) is 15.2 Å². The summed E-state index contributed by atoms with van der Waals surface area (Å²) >= 11 is 11.7. The minimum atomic E-state index is 0.0669. The molecule has 1 heterocycles. The van der Waals surface area contributed by atoms with Crippen LogP contribution < -0.4 is 4.90 Å². The SMILES string of the molecule is CCOCCN(CCOCC)c1nc(Cl)nnc1Cl. The number of rotatable bonds is 9. The van der Waals surface area contributed by atoms with E-state index in [-0.39, 0.29) is 10.4 Å². The van der Waals surface area contributed by atoms with Crippen LogP contribution in [0.4, 0.5) is 5.82 Å². The van der Waals surface area contributed by atoms with Crippen molar-refractivity contribution >= 4 is 29.0 Å². The van der Waals surface area contributed by atoms with E-state index in [1.165, 1.54) is 0 Å². The van der Waals surface area contributed by atoms with Crippen molar-refractivity contribution in [3.8, 4) is 0 Å². The summed E-state index contributed by atoms with van der Waals surface area (Å²) in [6.45, 7) is 7.62. The zero-order valence-corrected chi connectivity index (χ0v) is 12.6. The lowest BCUT2D eigenvalue weighted by Gasteiger charge is -2.23. The van der Waals surface area contributed by atoms with Crippen molar-refractivity contribution in [2.45, 2.75) is 13.8 Å². The highest BCUT2D eigenvalue weighted by atomic mass is 35.5.